The Morgan fingerprint density at radius 2 is 1.81 bits per heavy atom. The van der Waals surface area contributed by atoms with Crippen molar-refractivity contribution in [2.45, 2.75) is 0 Å². The Kier molecular flexibility index (Phi) is 4.50. The third-order valence-electron chi connectivity index (χ3n) is 2.73. The molecule has 0 aromatic heterocycles. The van der Waals surface area contributed by atoms with E-state index < -0.39 is 11.9 Å². The van der Waals surface area contributed by atoms with Gasteiger partial charge in [0.1, 0.15) is 0 Å². The first kappa shape index (κ1) is 15.3. The van der Waals surface area contributed by atoms with Gasteiger partial charge in [-0.2, -0.15) is 0 Å². The molecule has 0 bridgehead atoms. The predicted molar refractivity (Wildman–Crippen MR) is 84.4 cm³/mol. The summed E-state index contributed by atoms with van der Waals surface area (Å²) in [4.78, 5) is 22.3. The molecule has 0 saturated heterocycles. The number of benzene rings is 2. The normalized spacial score (nSPS) is 10.2. The molecule has 0 aliphatic heterocycles. The maximum Gasteiger partial charge on any atom is 0.335 e. The molecule has 0 spiro atoms. The summed E-state index contributed by atoms with van der Waals surface area (Å²) in [6, 6.07) is 9.22. The van der Waals surface area contributed by atoms with Gasteiger partial charge in [-0.05, 0) is 52.3 Å². The van der Waals surface area contributed by atoms with Crippen molar-refractivity contribution in [2.75, 3.05) is 5.32 Å². The zero-order chi connectivity index (χ0) is 15.6. The van der Waals surface area contributed by atoms with E-state index in [1.54, 1.807) is 18.2 Å². The first-order chi connectivity index (χ1) is 9.88. The van der Waals surface area contributed by atoms with E-state index in [0.717, 1.165) is 0 Å². The number of primary amides is 1. The van der Waals surface area contributed by atoms with Gasteiger partial charge in [0.2, 0.25) is 0 Å². The Bertz CT molecular complexity index is 734. The molecule has 0 atom stereocenters. The van der Waals surface area contributed by atoms with E-state index in [9.17, 15) is 9.59 Å². The van der Waals surface area contributed by atoms with Crippen LogP contribution in [0.4, 0.5) is 11.4 Å². The van der Waals surface area contributed by atoms with Gasteiger partial charge in [-0.3, -0.25) is 4.79 Å². The van der Waals surface area contributed by atoms with E-state index in [4.69, 9.17) is 22.4 Å². The summed E-state index contributed by atoms with van der Waals surface area (Å²) in [6.45, 7) is 0. The van der Waals surface area contributed by atoms with E-state index in [0.29, 0.717) is 20.9 Å². The fourth-order valence-corrected chi connectivity index (χ4v) is 2.37. The summed E-state index contributed by atoms with van der Waals surface area (Å²) in [5, 5.41) is 12.3. The Hall–Kier alpha value is -2.05. The molecule has 0 aliphatic rings. The van der Waals surface area contributed by atoms with Gasteiger partial charge in [0, 0.05) is 9.50 Å². The molecule has 0 unspecified atom stereocenters. The minimum absolute atomic E-state index is 0.152. The van der Waals surface area contributed by atoms with Gasteiger partial charge in [0.15, 0.2) is 0 Å². The van der Waals surface area contributed by atoms with Crippen molar-refractivity contribution in [3.63, 3.8) is 0 Å². The molecule has 0 radical (unpaired) electrons. The van der Waals surface area contributed by atoms with Crippen molar-refractivity contribution in [3.8, 4) is 0 Å². The van der Waals surface area contributed by atoms with E-state index in [1.807, 2.05) is 0 Å². The number of nitrogens with two attached hydrogens (primary N) is 1. The van der Waals surface area contributed by atoms with Crippen LogP contribution in [0, 0.1) is 0 Å². The Balaban J connectivity index is 2.39. The number of hydrogen-bond donors (Lipinski definition) is 3. The second-order valence-corrected chi connectivity index (χ2v) is 5.47. The highest BCUT2D eigenvalue weighted by molar-refractivity contribution is 9.10. The standard InChI is InChI=1S/C14H10BrClN2O3/c15-10-5-7(14(20)21)1-3-12(10)18-11-4-2-8(16)6-9(11)13(17)19/h1-6,18H,(H2,17,19)(H,20,21). The van der Waals surface area contributed by atoms with Crippen molar-refractivity contribution in [1.29, 1.82) is 0 Å². The number of carbonyl (C=O) groups excluding carboxylic acids is 1. The molecular weight excluding hydrogens is 360 g/mol. The topological polar surface area (TPSA) is 92.4 Å². The zero-order valence-electron chi connectivity index (χ0n) is 10.6. The average molecular weight is 370 g/mol. The molecular formula is C14H10BrClN2O3. The smallest absolute Gasteiger partial charge is 0.335 e. The Labute approximate surface area is 133 Å². The van der Waals surface area contributed by atoms with Gasteiger partial charge < -0.3 is 16.2 Å². The van der Waals surface area contributed by atoms with Crippen LogP contribution in [0.2, 0.25) is 5.02 Å². The average Bonchev–Trinajstić information content (AvgIpc) is 2.42. The van der Waals surface area contributed by atoms with E-state index in [1.165, 1.54) is 18.2 Å². The summed E-state index contributed by atoms with van der Waals surface area (Å²) in [5.74, 6) is -1.63. The number of nitrogens with one attached hydrogen (secondary N) is 1. The van der Waals surface area contributed by atoms with Crippen molar-refractivity contribution >= 4 is 50.8 Å². The van der Waals surface area contributed by atoms with Crippen LogP contribution in [0.1, 0.15) is 20.7 Å². The largest absolute Gasteiger partial charge is 0.478 e. The second-order valence-electron chi connectivity index (χ2n) is 4.18. The summed E-state index contributed by atoms with van der Waals surface area (Å²) in [6.07, 6.45) is 0. The van der Waals surface area contributed by atoms with Crippen LogP contribution >= 0.6 is 27.5 Å². The van der Waals surface area contributed by atoms with Crippen molar-refractivity contribution < 1.29 is 14.7 Å². The van der Waals surface area contributed by atoms with Gasteiger partial charge in [-0.25, -0.2) is 4.79 Å². The molecule has 0 saturated carbocycles. The highest BCUT2D eigenvalue weighted by Gasteiger charge is 2.12. The molecule has 21 heavy (non-hydrogen) atoms. The predicted octanol–water partition coefficient (Wildman–Crippen LogP) is 3.64. The maximum absolute atomic E-state index is 11.4. The van der Waals surface area contributed by atoms with Crippen LogP contribution in [0.25, 0.3) is 0 Å². The van der Waals surface area contributed by atoms with Crippen molar-refractivity contribution in [3.05, 3.63) is 57.0 Å². The molecule has 1 amide bonds. The van der Waals surface area contributed by atoms with E-state index >= 15 is 0 Å². The number of hydrogen-bond acceptors (Lipinski definition) is 3. The summed E-state index contributed by atoms with van der Waals surface area (Å²) < 4.78 is 0.549. The lowest BCUT2D eigenvalue weighted by Gasteiger charge is -2.12. The monoisotopic (exact) mass is 368 g/mol. The highest BCUT2D eigenvalue weighted by atomic mass is 79.9. The highest BCUT2D eigenvalue weighted by Crippen LogP contribution is 2.29. The third-order valence-corrected chi connectivity index (χ3v) is 3.62. The third kappa shape index (κ3) is 3.53. The molecule has 0 heterocycles. The first-order valence-electron chi connectivity index (χ1n) is 5.77. The summed E-state index contributed by atoms with van der Waals surface area (Å²) in [7, 11) is 0. The number of rotatable bonds is 4. The number of amides is 1. The van der Waals surface area contributed by atoms with Crippen LogP contribution < -0.4 is 11.1 Å². The maximum atomic E-state index is 11.4. The second kappa shape index (κ2) is 6.15. The minimum Gasteiger partial charge on any atom is -0.478 e. The fraction of sp³-hybridized carbons (Fsp3) is 0. The van der Waals surface area contributed by atoms with Crippen LogP contribution in [-0.2, 0) is 0 Å². The first-order valence-corrected chi connectivity index (χ1v) is 6.95. The number of halogens is 2. The number of anilines is 2. The van der Waals surface area contributed by atoms with Gasteiger partial charge in [0.05, 0.1) is 22.5 Å². The summed E-state index contributed by atoms with van der Waals surface area (Å²) >= 11 is 9.12. The van der Waals surface area contributed by atoms with Gasteiger partial charge in [-0.15, -0.1) is 0 Å². The van der Waals surface area contributed by atoms with Gasteiger partial charge >= 0.3 is 5.97 Å². The molecule has 0 aliphatic carbocycles. The number of aromatic carboxylic acids is 1. The minimum atomic E-state index is -1.02. The number of carboxylic acid groups (broad SMARTS) is 1. The van der Waals surface area contributed by atoms with Gasteiger partial charge in [-0.1, -0.05) is 11.6 Å². The van der Waals surface area contributed by atoms with Gasteiger partial charge in [0.25, 0.3) is 5.91 Å². The lowest BCUT2D eigenvalue weighted by atomic mass is 10.1. The molecule has 0 fully saturated rings. The fourth-order valence-electron chi connectivity index (χ4n) is 1.72. The van der Waals surface area contributed by atoms with Crippen LogP contribution in [0.15, 0.2) is 40.9 Å². The number of carboxylic acids is 1. The molecule has 2 aromatic rings. The zero-order valence-corrected chi connectivity index (χ0v) is 12.9. The number of carbonyl (C=O) groups is 2. The SMILES string of the molecule is NC(=O)c1cc(Cl)ccc1Nc1ccc(C(=O)O)cc1Br. The Morgan fingerprint density at radius 3 is 2.38 bits per heavy atom. The molecule has 7 heteroatoms. The molecule has 2 aromatic carbocycles. The van der Waals surface area contributed by atoms with E-state index in [-0.39, 0.29) is 11.1 Å². The molecule has 4 N–H and O–H groups in total. The quantitative estimate of drug-likeness (QED) is 0.767. The van der Waals surface area contributed by atoms with Crippen LogP contribution in [0.5, 0.6) is 0 Å². The lowest BCUT2D eigenvalue weighted by Crippen LogP contribution is -2.13. The summed E-state index contributed by atoms with van der Waals surface area (Å²) in [5.41, 5.74) is 6.79. The van der Waals surface area contributed by atoms with Crippen molar-refractivity contribution in [2.24, 2.45) is 5.73 Å². The van der Waals surface area contributed by atoms with Crippen molar-refractivity contribution in [1.82, 2.24) is 0 Å². The van der Waals surface area contributed by atoms with E-state index in [2.05, 4.69) is 21.2 Å². The lowest BCUT2D eigenvalue weighted by molar-refractivity contribution is 0.0696. The molecule has 5 nitrogen and oxygen atoms in total. The van der Waals surface area contributed by atoms with Crippen LogP contribution in [0.3, 0.4) is 0 Å². The molecule has 108 valence electrons. The molecule has 2 rings (SSSR count). The van der Waals surface area contributed by atoms with Crippen LogP contribution in [-0.4, -0.2) is 17.0 Å². The Morgan fingerprint density at radius 1 is 1.14 bits per heavy atom.